The van der Waals surface area contributed by atoms with Gasteiger partial charge in [0.2, 0.25) is 5.91 Å². The summed E-state index contributed by atoms with van der Waals surface area (Å²) in [5, 5.41) is 0.358. The second kappa shape index (κ2) is 5.21. The maximum atomic E-state index is 12.7. The molecule has 0 aromatic carbocycles. The number of aryl methyl sites for hydroxylation is 1. The molecule has 1 atom stereocenters. The van der Waals surface area contributed by atoms with Crippen LogP contribution in [0.4, 0.5) is 9.02 Å². The quantitative estimate of drug-likeness (QED) is 0.617. The Balaban J connectivity index is 2.20. The van der Waals surface area contributed by atoms with Crippen LogP contribution in [0.1, 0.15) is 28.7 Å². The average molecular weight is 320 g/mol. The summed E-state index contributed by atoms with van der Waals surface area (Å²) in [4.78, 5) is 29.2. The third-order valence-electron chi connectivity index (χ3n) is 2.98. The molecule has 1 saturated heterocycles. The molecular formula is C11H13FN2O4S2. The van der Waals surface area contributed by atoms with E-state index in [0.717, 1.165) is 11.3 Å². The van der Waals surface area contributed by atoms with Crippen LogP contribution in [0.2, 0.25) is 0 Å². The van der Waals surface area contributed by atoms with Crippen LogP contribution in [0.3, 0.4) is 0 Å². The van der Waals surface area contributed by atoms with Crippen LogP contribution in [0.5, 0.6) is 0 Å². The van der Waals surface area contributed by atoms with Crippen molar-refractivity contribution in [3.63, 3.8) is 0 Å². The molecule has 0 saturated carbocycles. The van der Waals surface area contributed by atoms with E-state index in [1.165, 1.54) is 11.8 Å². The van der Waals surface area contributed by atoms with Gasteiger partial charge in [-0.25, -0.2) is 4.98 Å². The van der Waals surface area contributed by atoms with Crippen molar-refractivity contribution in [2.24, 2.45) is 5.92 Å². The highest BCUT2D eigenvalue weighted by atomic mass is 32.3. The molecule has 2 rings (SSSR count). The first-order valence-corrected chi connectivity index (χ1v) is 8.25. The summed E-state index contributed by atoms with van der Waals surface area (Å²) >= 11 is 1.09. The number of carbonyl (C=O) groups excluding carboxylic acids is 2. The molecule has 110 valence electrons. The third-order valence-corrected chi connectivity index (χ3v) is 5.13. The highest BCUT2D eigenvalue weighted by Gasteiger charge is 2.35. The zero-order valence-electron chi connectivity index (χ0n) is 10.9. The molecule has 0 radical (unpaired) electrons. The highest BCUT2D eigenvalue weighted by molar-refractivity contribution is 7.86. The molecule has 1 unspecified atom stereocenters. The molecular weight excluding hydrogens is 307 g/mol. The van der Waals surface area contributed by atoms with Crippen molar-refractivity contribution in [3.8, 4) is 0 Å². The average Bonchev–Trinajstić information content (AvgIpc) is 2.79. The SMILES string of the molecule is CC(=O)c1sc(N2CC(CS(=O)(=O)F)CC2=O)nc1C. The van der Waals surface area contributed by atoms with Gasteiger partial charge in [-0.2, -0.15) is 8.42 Å². The second-order valence-electron chi connectivity index (χ2n) is 4.75. The lowest BCUT2D eigenvalue weighted by molar-refractivity contribution is -0.117. The zero-order valence-corrected chi connectivity index (χ0v) is 12.6. The lowest BCUT2D eigenvalue weighted by atomic mass is 10.1. The van der Waals surface area contributed by atoms with E-state index in [-0.39, 0.29) is 24.7 Å². The minimum absolute atomic E-state index is 0.0306. The van der Waals surface area contributed by atoms with E-state index in [4.69, 9.17) is 0 Å². The number of ketones is 1. The normalized spacial score (nSPS) is 19.6. The van der Waals surface area contributed by atoms with Crippen LogP contribution in [-0.4, -0.2) is 37.4 Å². The summed E-state index contributed by atoms with van der Waals surface area (Å²) in [5.41, 5.74) is 0.534. The Kier molecular flexibility index (Phi) is 3.92. The summed E-state index contributed by atoms with van der Waals surface area (Å²) < 4.78 is 33.9. The number of hydrogen-bond donors (Lipinski definition) is 0. The van der Waals surface area contributed by atoms with Crippen molar-refractivity contribution >= 4 is 38.4 Å². The number of nitrogens with zero attached hydrogens (tertiary/aromatic N) is 2. The smallest absolute Gasteiger partial charge is 0.294 e. The number of thiazole rings is 1. The predicted octanol–water partition coefficient (Wildman–Crippen LogP) is 1.31. The van der Waals surface area contributed by atoms with E-state index in [1.54, 1.807) is 6.92 Å². The summed E-state index contributed by atoms with van der Waals surface area (Å²) in [5.74, 6) is -1.69. The van der Waals surface area contributed by atoms with Gasteiger partial charge in [-0.1, -0.05) is 11.3 Å². The van der Waals surface area contributed by atoms with Crippen LogP contribution in [0.25, 0.3) is 0 Å². The molecule has 2 heterocycles. The van der Waals surface area contributed by atoms with Crippen molar-refractivity contribution < 1.29 is 21.9 Å². The van der Waals surface area contributed by atoms with E-state index in [2.05, 4.69) is 4.98 Å². The van der Waals surface area contributed by atoms with Crippen molar-refractivity contribution in [1.82, 2.24) is 4.98 Å². The summed E-state index contributed by atoms with van der Waals surface area (Å²) in [6, 6.07) is 0. The fourth-order valence-electron chi connectivity index (χ4n) is 2.18. The van der Waals surface area contributed by atoms with E-state index in [9.17, 15) is 21.9 Å². The first-order chi connectivity index (χ1) is 9.17. The first-order valence-electron chi connectivity index (χ1n) is 5.88. The monoisotopic (exact) mass is 320 g/mol. The van der Waals surface area contributed by atoms with Crippen molar-refractivity contribution in [3.05, 3.63) is 10.6 Å². The third kappa shape index (κ3) is 3.21. The first kappa shape index (κ1) is 15.0. The van der Waals surface area contributed by atoms with Gasteiger partial charge in [0.05, 0.1) is 16.3 Å². The topological polar surface area (TPSA) is 84.4 Å². The Morgan fingerprint density at radius 3 is 2.70 bits per heavy atom. The number of amides is 1. The Bertz CT molecular complexity index is 668. The highest BCUT2D eigenvalue weighted by Crippen LogP contribution is 2.31. The molecule has 1 amide bonds. The number of anilines is 1. The Hall–Kier alpha value is -1.35. The van der Waals surface area contributed by atoms with Gasteiger partial charge in [-0.05, 0) is 6.92 Å². The number of carbonyl (C=O) groups is 2. The molecule has 0 spiro atoms. The zero-order chi connectivity index (χ0) is 15.1. The minimum atomic E-state index is -4.60. The molecule has 1 fully saturated rings. The Morgan fingerprint density at radius 1 is 1.55 bits per heavy atom. The number of hydrogen-bond acceptors (Lipinski definition) is 6. The molecule has 1 aromatic heterocycles. The van der Waals surface area contributed by atoms with E-state index in [1.807, 2.05) is 0 Å². The van der Waals surface area contributed by atoms with Gasteiger partial charge in [0.1, 0.15) is 0 Å². The summed E-state index contributed by atoms with van der Waals surface area (Å²) in [6.07, 6.45) is -0.0306. The molecule has 6 nitrogen and oxygen atoms in total. The van der Waals surface area contributed by atoms with Gasteiger partial charge in [0.15, 0.2) is 10.9 Å². The van der Waals surface area contributed by atoms with Crippen LogP contribution in [-0.2, 0) is 15.0 Å². The van der Waals surface area contributed by atoms with Gasteiger partial charge in [-0.15, -0.1) is 3.89 Å². The van der Waals surface area contributed by atoms with Gasteiger partial charge < -0.3 is 0 Å². The molecule has 0 N–H and O–H groups in total. The second-order valence-corrected chi connectivity index (χ2v) is 7.14. The fourth-order valence-corrected chi connectivity index (χ4v) is 3.96. The van der Waals surface area contributed by atoms with Crippen LogP contribution < -0.4 is 4.90 Å². The minimum Gasteiger partial charge on any atom is -0.294 e. The lowest BCUT2D eigenvalue weighted by Gasteiger charge is -2.11. The Morgan fingerprint density at radius 2 is 2.20 bits per heavy atom. The van der Waals surface area contributed by atoms with Crippen LogP contribution in [0.15, 0.2) is 0 Å². The Labute approximate surface area is 119 Å². The van der Waals surface area contributed by atoms with Gasteiger partial charge >= 0.3 is 10.2 Å². The molecule has 9 heteroatoms. The molecule has 20 heavy (non-hydrogen) atoms. The lowest BCUT2D eigenvalue weighted by Crippen LogP contribution is -2.25. The van der Waals surface area contributed by atoms with Crippen molar-refractivity contribution in [2.75, 3.05) is 17.2 Å². The summed E-state index contributed by atoms with van der Waals surface area (Å²) in [7, 11) is -4.60. The molecule has 0 bridgehead atoms. The number of Topliss-reactive ketones (excluding diaryl/α,β-unsaturated/α-hetero) is 1. The van der Waals surface area contributed by atoms with Crippen molar-refractivity contribution in [2.45, 2.75) is 20.3 Å². The number of rotatable bonds is 4. The molecule has 1 aliphatic rings. The molecule has 1 aliphatic heterocycles. The largest absolute Gasteiger partial charge is 0.302 e. The molecule has 0 aliphatic carbocycles. The standard InChI is InChI=1S/C11H13FN2O4S2/c1-6-10(7(2)15)19-11(13-6)14-4-8(3-9(14)16)5-20(12,17)18/h8H,3-5H2,1-2H3. The van der Waals surface area contributed by atoms with Crippen molar-refractivity contribution in [1.29, 1.82) is 0 Å². The van der Waals surface area contributed by atoms with Gasteiger partial charge in [-0.3, -0.25) is 14.5 Å². The maximum absolute atomic E-state index is 12.7. The van der Waals surface area contributed by atoms with Crippen LogP contribution >= 0.6 is 11.3 Å². The van der Waals surface area contributed by atoms with E-state index in [0.29, 0.717) is 15.7 Å². The van der Waals surface area contributed by atoms with E-state index < -0.39 is 21.9 Å². The number of halogens is 1. The van der Waals surface area contributed by atoms with Crippen LogP contribution in [0, 0.1) is 12.8 Å². The predicted molar refractivity (Wildman–Crippen MR) is 72.2 cm³/mol. The van der Waals surface area contributed by atoms with Gasteiger partial charge in [0.25, 0.3) is 0 Å². The molecule has 1 aromatic rings. The fraction of sp³-hybridized carbons (Fsp3) is 0.545. The van der Waals surface area contributed by atoms with E-state index >= 15 is 0 Å². The summed E-state index contributed by atoms with van der Waals surface area (Å²) in [6.45, 7) is 3.18. The van der Waals surface area contributed by atoms with Gasteiger partial charge in [0, 0.05) is 25.8 Å². The number of aromatic nitrogens is 1. The maximum Gasteiger partial charge on any atom is 0.302 e.